The van der Waals surface area contributed by atoms with E-state index in [1.54, 1.807) is 48.3 Å². The lowest BCUT2D eigenvalue weighted by molar-refractivity contribution is -0.119. The van der Waals surface area contributed by atoms with E-state index in [-0.39, 0.29) is 12.5 Å². The SMILES string of the molecule is CN(Cc1ccc(Cl)cc1)C(=O)c1cccc(OCC(N)=O)c1. The van der Waals surface area contributed by atoms with Crippen molar-refractivity contribution in [3.8, 4) is 5.75 Å². The first kappa shape index (κ1) is 16.8. The van der Waals surface area contributed by atoms with Gasteiger partial charge in [0.25, 0.3) is 11.8 Å². The van der Waals surface area contributed by atoms with E-state index in [9.17, 15) is 9.59 Å². The van der Waals surface area contributed by atoms with Gasteiger partial charge in [0.05, 0.1) is 0 Å². The standard InChI is InChI=1S/C17H17ClN2O3/c1-20(10-12-5-7-14(18)8-6-12)17(22)13-3-2-4-15(9-13)23-11-16(19)21/h2-9H,10-11H2,1H3,(H2,19,21). The number of primary amides is 1. The molecule has 2 aromatic rings. The molecule has 0 fully saturated rings. The van der Waals surface area contributed by atoms with Crippen LogP contribution < -0.4 is 10.5 Å². The molecule has 0 unspecified atom stereocenters. The predicted molar refractivity (Wildman–Crippen MR) is 88.4 cm³/mol. The van der Waals surface area contributed by atoms with Crippen molar-refractivity contribution in [1.82, 2.24) is 4.90 Å². The summed E-state index contributed by atoms with van der Waals surface area (Å²) in [5, 5.41) is 0.655. The highest BCUT2D eigenvalue weighted by Crippen LogP contribution is 2.16. The molecule has 5 nitrogen and oxygen atoms in total. The number of amides is 2. The predicted octanol–water partition coefficient (Wildman–Crippen LogP) is 2.48. The maximum atomic E-state index is 12.5. The molecule has 0 saturated heterocycles. The second-order valence-electron chi connectivity index (χ2n) is 5.07. The average Bonchev–Trinajstić information content (AvgIpc) is 2.54. The van der Waals surface area contributed by atoms with Crippen molar-refractivity contribution in [1.29, 1.82) is 0 Å². The molecule has 0 aliphatic rings. The number of halogens is 1. The third kappa shape index (κ3) is 5.00. The number of carbonyl (C=O) groups is 2. The Morgan fingerprint density at radius 2 is 1.87 bits per heavy atom. The number of benzene rings is 2. The van der Waals surface area contributed by atoms with E-state index >= 15 is 0 Å². The van der Waals surface area contributed by atoms with Crippen LogP contribution in [0, 0.1) is 0 Å². The maximum Gasteiger partial charge on any atom is 0.255 e. The van der Waals surface area contributed by atoms with Crippen molar-refractivity contribution in [3.05, 3.63) is 64.7 Å². The number of hydrogen-bond donors (Lipinski definition) is 1. The van der Waals surface area contributed by atoms with Gasteiger partial charge in [-0.05, 0) is 35.9 Å². The Kier molecular flexibility index (Phi) is 5.60. The lowest BCUT2D eigenvalue weighted by atomic mass is 10.1. The van der Waals surface area contributed by atoms with Gasteiger partial charge in [-0.15, -0.1) is 0 Å². The highest BCUT2D eigenvalue weighted by molar-refractivity contribution is 6.30. The summed E-state index contributed by atoms with van der Waals surface area (Å²) in [6.45, 7) is 0.237. The zero-order chi connectivity index (χ0) is 16.8. The largest absolute Gasteiger partial charge is 0.484 e. The summed E-state index contributed by atoms with van der Waals surface area (Å²) in [5.74, 6) is -0.291. The fourth-order valence-electron chi connectivity index (χ4n) is 2.03. The smallest absolute Gasteiger partial charge is 0.255 e. The van der Waals surface area contributed by atoms with E-state index in [2.05, 4.69) is 0 Å². The molecule has 0 aliphatic heterocycles. The third-order valence-electron chi connectivity index (χ3n) is 3.14. The molecule has 0 aromatic heterocycles. The van der Waals surface area contributed by atoms with Gasteiger partial charge in [0.2, 0.25) is 0 Å². The van der Waals surface area contributed by atoms with Crippen LogP contribution in [-0.2, 0) is 11.3 Å². The first-order valence-electron chi connectivity index (χ1n) is 6.97. The zero-order valence-electron chi connectivity index (χ0n) is 12.7. The minimum atomic E-state index is -0.568. The lowest BCUT2D eigenvalue weighted by Crippen LogP contribution is -2.26. The van der Waals surface area contributed by atoms with Crippen molar-refractivity contribution in [2.24, 2.45) is 5.73 Å². The number of nitrogens with zero attached hydrogens (tertiary/aromatic N) is 1. The molecule has 0 bridgehead atoms. The Balaban J connectivity index is 2.05. The monoisotopic (exact) mass is 332 g/mol. The van der Waals surface area contributed by atoms with E-state index in [0.29, 0.717) is 22.9 Å². The summed E-state index contributed by atoms with van der Waals surface area (Å²) in [6, 6.07) is 14.0. The average molecular weight is 333 g/mol. The number of rotatable bonds is 6. The number of ether oxygens (including phenoxy) is 1. The Morgan fingerprint density at radius 1 is 1.17 bits per heavy atom. The van der Waals surface area contributed by atoms with Gasteiger partial charge in [-0.25, -0.2) is 0 Å². The van der Waals surface area contributed by atoms with Crippen molar-refractivity contribution in [2.75, 3.05) is 13.7 Å². The molecular weight excluding hydrogens is 316 g/mol. The molecule has 2 rings (SSSR count). The van der Waals surface area contributed by atoms with Crippen LogP contribution in [0.1, 0.15) is 15.9 Å². The molecule has 0 spiro atoms. The van der Waals surface area contributed by atoms with Gasteiger partial charge in [-0.1, -0.05) is 29.8 Å². The van der Waals surface area contributed by atoms with Gasteiger partial charge >= 0.3 is 0 Å². The van der Waals surface area contributed by atoms with Crippen LogP contribution in [0.15, 0.2) is 48.5 Å². The summed E-state index contributed by atoms with van der Waals surface area (Å²) in [7, 11) is 1.72. The second-order valence-corrected chi connectivity index (χ2v) is 5.51. The van der Waals surface area contributed by atoms with Gasteiger partial charge in [0.15, 0.2) is 6.61 Å². The van der Waals surface area contributed by atoms with Crippen LogP contribution in [0.4, 0.5) is 0 Å². The number of hydrogen-bond acceptors (Lipinski definition) is 3. The summed E-state index contributed by atoms with van der Waals surface area (Å²) < 4.78 is 5.21. The first-order chi connectivity index (χ1) is 11.0. The van der Waals surface area contributed by atoms with Gasteiger partial charge < -0.3 is 15.4 Å². The molecule has 0 heterocycles. The highest BCUT2D eigenvalue weighted by atomic mass is 35.5. The molecule has 0 radical (unpaired) electrons. The lowest BCUT2D eigenvalue weighted by Gasteiger charge is -2.18. The summed E-state index contributed by atoms with van der Waals surface area (Å²) in [5.41, 5.74) is 6.49. The van der Waals surface area contributed by atoms with Crippen LogP contribution in [0.3, 0.4) is 0 Å². The molecule has 6 heteroatoms. The molecule has 0 saturated carbocycles. The third-order valence-corrected chi connectivity index (χ3v) is 3.39. The number of nitrogens with two attached hydrogens (primary N) is 1. The Hall–Kier alpha value is -2.53. The van der Waals surface area contributed by atoms with Crippen molar-refractivity contribution >= 4 is 23.4 Å². The second kappa shape index (κ2) is 7.65. The summed E-state index contributed by atoms with van der Waals surface area (Å²) >= 11 is 5.85. The fourth-order valence-corrected chi connectivity index (χ4v) is 2.16. The Labute approximate surface area is 139 Å². The maximum absolute atomic E-state index is 12.5. The van der Waals surface area contributed by atoms with Crippen molar-refractivity contribution < 1.29 is 14.3 Å². The molecule has 2 aromatic carbocycles. The van der Waals surface area contributed by atoms with E-state index in [0.717, 1.165) is 5.56 Å². The van der Waals surface area contributed by atoms with E-state index in [4.69, 9.17) is 22.1 Å². The van der Waals surface area contributed by atoms with Crippen LogP contribution in [0.5, 0.6) is 5.75 Å². The van der Waals surface area contributed by atoms with E-state index in [1.807, 2.05) is 12.1 Å². The van der Waals surface area contributed by atoms with Gasteiger partial charge in [0.1, 0.15) is 5.75 Å². The Bertz CT molecular complexity index is 701. The Morgan fingerprint density at radius 3 is 2.52 bits per heavy atom. The van der Waals surface area contributed by atoms with E-state index < -0.39 is 5.91 Å². The summed E-state index contributed by atoms with van der Waals surface area (Å²) in [4.78, 5) is 24.8. The van der Waals surface area contributed by atoms with E-state index in [1.165, 1.54) is 0 Å². The van der Waals surface area contributed by atoms with Gasteiger partial charge in [-0.2, -0.15) is 0 Å². The van der Waals surface area contributed by atoms with Crippen molar-refractivity contribution in [2.45, 2.75) is 6.54 Å². The van der Waals surface area contributed by atoms with Crippen LogP contribution >= 0.6 is 11.6 Å². The molecule has 0 aliphatic carbocycles. The van der Waals surface area contributed by atoms with Crippen molar-refractivity contribution in [3.63, 3.8) is 0 Å². The van der Waals surface area contributed by atoms with Crippen LogP contribution in [-0.4, -0.2) is 30.4 Å². The van der Waals surface area contributed by atoms with Crippen LogP contribution in [0.25, 0.3) is 0 Å². The van der Waals surface area contributed by atoms with Gasteiger partial charge in [0, 0.05) is 24.2 Å². The molecule has 0 atom stereocenters. The van der Waals surface area contributed by atoms with Crippen LogP contribution in [0.2, 0.25) is 5.02 Å². The number of carbonyl (C=O) groups excluding carboxylic acids is 2. The summed E-state index contributed by atoms with van der Waals surface area (Å²) in [6.07, 6.45) is 0. The minimum Gasteiger partial charge on any atom is -0.484 e. The topological polar surface area (TPSA) is 72.6 Å². The van der Waals surface area contributed by atoms with Gasteiger partial charge in [-0.3, -0.25) is 9.59 Å². The zero-order valence-corrected chi connectivity index (χ0v) is 13.4. The molecule has 120 valence electrons. The highest BCUT2D eigenvalue weighted by Gasteiger charge is 2.13. The molecule has 2 amide bonds. The quantitative estimate of drug-likeness (QED) is 0.883. The first-order valence-corrected chi connectivity index (χ1v) is 7.34. The normalized spacial score (nSPS) is 10.2. The molecule has 2 N–H and O–H groups in total. The molecular formula is C17H17ClN2O3. The molecule has 23 heavy (non-hydrogen) atoms. The minimum absolute atomic E-state index is 0.149. The fraction of sp³-hybridized carbons (Fsp3) is 0.176.